The summed E-state index contributed by atoms with van der Waals surface area (Å²) in [5.41, 5.74) is 1.69. The lowest BCUT2D eigenvalue weighted by atomic mass is 10.1. The van der Waals surface area contributed by atoms with Crippen LogP contribution in [0, 0.1) is 11.3 Å². The highest BCUT2D eigenvalue weighted by Crippen LogP contribution is 2.35. The molecule has 1 aromatic carbocycles. The smallest absolute Gasteiger partial charge is 0.392 e. The number of H-pyrrole nitrogens is 1. The number of nitrogens with one attached hydrogen (secondary N) is 2. The van der Waals surface area contributed by atoms with Crippen LogP contribution in [0.15, 0.2) is 48.9 Å². The van der Waals surface area contributed by atoms with E-state index in [1.807, 2.05) is 25.1 Å². The van der Waals surface area contributed by atoms with Crippen LogP contribution < -0.4 is 5.32 Å². The summed E-state index contributed by atoms with van der Waals surface area (Å²) in [6.07, 6.45) is -0.994. The van der Waals surface area contributed by atoms with Crippen molar-refractivity contribution in [1.82, 2.24) is 19.9 Å². The number of benzene rings is 1. The normalized spacial score (nSPS) is 12.5. The fourth-order valence-electron chi connectivity index (χ4n) is 3.28. The molecule has 4 aromatic rings. The first kappa shape index (κ1) is 21.3. The molecule has 0 radical (unpaired) electrons. The molecule has 7 nitrogen and oxygen atoms in total. The Balaban J connectivity index is 1.72. The van der Waals surface area contributed by atoms with Gasteiger partial charge < -0.3 is 15.4 Å². The second-order valence-electron chi connectivity index (χ2n) is 7.15. The van der Waals surface area contributed by atoms with Crippen molar-refractivity contribution in [3.8, 4) is 17.3 Å². The number of anilines is 1. The van der Waals surface area contributed by atoms with E-state index in [2.05, 4.69) is 25.3 Å². The van der Waals surface area contributed by atoms with Crippen LogP contribution >= 0.6 is 0 Å². The third-order valence-electron chi connectivity index (χ3n) is 5.03. The standard InChI is InChI=1S/C22H17F3N6O/c1-12(14-4-2-13(11-32)3-5-14)30-21-29-8-15(7-26)19(31-21)18-10-28-20-17(18)6-16(9-27-20)22(23,24)25/h2-6,8-10,12,32H,11H2,1H3,(H,27,28)(H,29,30,31). The summed E-state index contributed by atoms with van der Waals surface area (Å²) in [4.78, 5) is 15.2. The van der Waals surface area contributed by atoms with E-state index in [4.69, 9.17) is 0 Å². The van der Waals surface area contributed by atoms with Crippen LogP contribution in [0.1, 0.15) is 35.2 Å². The number of aliphatic hydroxyl groups is 1. The highest BCUT2D eigenvalue weighted by molar-refractivity contribution is 5.94. The van der Waals surface area contributed by atoms with Gasteiger partial charge in [0.15, 0.2) is 0 Å². The van der Waals surface area contributed by atoms with Gasteiger partial charge in [-0.2, -0.15) is 18.4 Å². The van der Waals surface area contributed by atoms with Gasteiger partial charge in [0.05, 0.1) is 35.7 Å². The topological polar surface area (TPSA) is 111 Å². The molecule has 3 heterocycles. The molecule has 162 valence electrons. The number of nitriles is 1. The van der Waals surface area contributed by atoms with Gasteiger partial charge in [-0.1, -0.05) is 24.3 Å². The predicted molar refractivity (Wildman–Crippen MR) is 111 cm³/mol. The number of nitrogens with zero attached hydrogens (tertiary/aromatic N) is 4. The Morgan fingerprint density at radius 2 is 1.94 bits per heavy atom. The molecule has 0 amide bonds. The third-order valence-corrected chi connectivity index (χ3v) is 5.03. The summed E-state index contributed by atoms with van der Waals surface area (Å²) >= 11 is 0. The molecule has 0 saturated heterocycles. The van der Waals surface area contributed by atoms with Gasteiger partial charge in [-0.3, -0.25) is 0 Å². The van der Waals surface area contributed by atoms with Crippen molar-refractivity contribution in [3.63, 3.8) is 0 Å². The maximum Gasteiger partial charge on any atom is 0.417 e. The van der Waals surface area contributed by atoms with Crippen LogP contribution in [0.25, 0.3) is 22.3 Å². The van der Waals surface area contributed by atoms with E-state index < -0.39 is 11.7 Å². The summed E-state index contributed by atoms with van der Waals surface area (Å²) in [7, 11) is 0. The van der Waals surface area contributed by atoms with E-state index in [9.17, 15) is 23.5 Å². The Kier molecular flexibility index (Phi) is 5.50. The molecule has 0 bridgehead atoms. The maximum absolute atomic E-state index is 13.2. The Labute approximate surface area is 180 Å². The van der Waals surface area contributed by atoms with Crippen molar-refractivity contribution in [2.75, 3.05) is 5.32 Å². The fraction of sp³-hybridized carbons (Fsp3) is 0.182. The second-order valence-corrected chi connectivity index (χ2v) is 7.15. The monoisotopic (exact) mass is 438 g/mol. The first-order valence-electron chi connectivity index (χ1n) is 9.58. The maximum atomic E-state index is 13.2. The molecule has 10 heteroatoms. The van der Waals surface area contributed by atoms with Crippen molar-refractivity contribution in [2.45, 2.75) is 25.7 Å². The minimum Gasteiger partial charge on any atom is -0.392 e. The van der Waals surface area contributed by atoms with Crippen molar-refractivity contribution in [1.29, 1.82) is 5.26 Å². The highest BCUT2D eigenvalue weighted by Gasteiger charge is 2.31. The lowest BCUT2D eigenvalue weighted by molar-refractivity contribution is -0.137. The molecular formula is C22H17F3N6O. The van der Waals surface area contributed by atoms with Crippen molar-refractivity contribution in [3.05, 3.63) is 71.2 Å². The number of fused-ring (bicyclic) bond motifs is 1. The minimum atomic E-state index is -4.55. The van der Waals surface area contributed by atoms with Crippen LogP contribution in [0.5, 0.6) is 0 Å². The van der Waals surface area contributed by atoms with Crippen LogP contribution in [0.4, 0.5) is 19.1 Å². The average molecular weight is 438 g/mol. The molecule has 1 atom stereocenters. The summed E-state index contributed by atoms with van der Waals surface area (Å²) in [6, 6.07) is 10.1. The molecule has 0 spiro atoms. The van der Waals surface area contributed by atoms with Gasteiger partial charge in [0, 0.05) is 23.3 Å². The highest BCUT2D eigenvalue weighted by atomic mass is 19.4. The number of halogens is 3. The van der Waals surface area contributed by atoms with Gasteiger partial charge in [-0.25, -0.2) is 15.0 Å². The lowest BCUT2D eigenvalue weighted by Crippen LogP contribution is -2.10. The number of hydrogen-bond acceptors (Lipinski definition) is 6. The largest absolute Gasteiger partial charge is 0.417 e. The molecule has 1 unspecified atom stereocenters. The van der Waals surface area contributed by atoms with Gasteiger partial charge in [0.25, 0.3) is 0 Å². The number of rotatable bonds is 5. The summed E-state index contributed by atoms with van der Waals surface area (Å²) in [5.74, 6) is 0.215. The molecule has 3 aromatic heterocycles. The zero-order valence-electron chi connectivity index (χ0n) is 16.8. The third kappa shape index (κ3) is 4.10. The molecule has 0 fully saturated rings. The zero-order chi connectivity index (χ0) is 22.9. The number of aliphatic hydroxyl groups excluding tert-OH is 1. The first-order valence-corrected chi connectivity index (χ1v) is 9.58. The molecular weight excluding hydrogens is 421 g/mol. The van der Waals surface area contributed by atoms with E-state index >= 15 is 0 Å². The van der Waals surface area contributed by atoms with Crippen LogP contribution in [-0.4, -0.2) is 25.0 Å². The quantitative estimate of drug-likeness (QED) is 0.421. The minimum absolute atomic E-state index is 0.0558. The van der Waals surface area contributed by atoms with E-state index in [0.717, 1.165) is 23.4 Å². The molecule has 32 heavy (non-hydrogen) atoms. The Hall–Kier alpha value is -3.97. The van der Waals surface area contributed by atoms with E-state index in [0.29, 0.717) is 5.56 Å². The molecule has 4 rings (SSSR count). The van der Waals surface area contributed by atoms with E-state index in [1.54, 1.807) is 12.1 Å². The molecule has 0 aliphatic rings. The number of aromatic nitrogens is 4. The molecule has 3 N–H and O–H groups in total. The van der Waals surface area contributed by atoms with Crippen molar-refractivity contribution < 1.29 is 18.3 Å². The molecule has 0 aliphatic carbocycles. The van der Waals surface area contributed by atoms with Gasteiger partial charge in [-0.05, 0) is 24.1 Å². The van der Waals surface area contributed by atoms with Crippen molar-refractivity contribution in [2.24, 2.45) is 0 Å². The Morgan fingerprint density at radius 1 is 1.19 bits per heavy atom. The van der Waals surface area contributed by atoms with Gasteiger partial charge in [-0.15, -0.1) is 0 Å². The van der Waals surface area contributed by atoms with Gasteiger partial charge in [0.2, 0.25) is 5.95 Å². The molecule has 0 aliphatic heterocycles. The van der Waals surface area contributed by atoms with Gasteiger partial charge in [0.1, 0.15) is 11.7 Å². The summed E-state index contributed by atoms with van der Waals surface area (Å²) in [6.45, 7) is 1.83. The lowest BCUT2D eigenvalue weighted by Gasteiger charge is -2.15. The van der Waals surface area contributed by atoms with Crippen LogP contribution in [-0.2, 0) is 12.8 Å². The fourth-order valence-corrected chi connectivity index (χ4v) is 3.28. The van der Waals surface area contributed by atoms with Crippen LogP contribution in [0.2, 0.25) is 0 Å². The number of alkyl halides is 3. The SMILES string of the molecule is CC(Nc1ncc(C#N)c(-c2c[nH]c3ncc(C(F)(F)F)cc23)n1)c1ccc(CO)cc1. The number of aromatic amines is 1. The molecule has 0 saturated carbocycles. The van der Waals surface area contributed by atoms with Crippen LogP contribution in [0.3, 0.4) is 0 Å². The first-order chi connectivity index (χ1) is 15.3. The predicted octanol–water partition coefficient (Wildman–Crippen LogP) is 4.58. The number of pyridine rings is 1. The number of hydrogen-bond donors (Lipinski definition) is 3. The Morgan fingerprint density at radius 3 is 2.59 bits per heavy atom. The summed E-state index contributed by atoms with van der Waals surface area (Å²) < 4.78 is 39.5. The van der Waals surface area contributed by atoms with E-state index in [-0.39, 0.29) is 40.9 Å². The summed E-state index contributed by atoms with van der Waals surface area (Å²) in [5, 5.41) is 22.0. The Bertz CT molecular complexity index is 1310. The van der Waals surface area contributed by atoms with Crippen molar-refractivity contribution >= 4 is 17.0 Å². The van der Waals surface area contributed by atoms with Gasteiger partial charge >= 0.3 is 6.18 Å². The average Bonchev–Trinajstić information content (AvgIpc) is 3.21. The zero-order valence-corrected chi connectivity index (χ0v) is 16.8. The second kappa shape index (κ2) is 8.28. The van der Waals surface area contributed by atoms with E-state index in [1.165, 1.54) is 12.4 Å².